The first-order chi connectivity index (χ1) is 6.47. The van der Waals surface area contributed by atoms with Crippen molar-refractivity contribution in [1.29, 1.82) is 0 Å². The zero-order valence-electron chi connectivity index (χ0n) is 8.01. The van der Waals surface area contributed by atoms with E-state index in [4.69, 9.17) is 10.2 Å². The number of aliphatic hydroxyl groups excluding tert-OH is 1. The summed E-state index contributed by atoms with van der Waals surface area (Å²) >= 11 is 0. The Morgan fingerprint density at radius 1 is 1.29 bits per heavy atom. The topological polar surface area (TPSA) is 98.1 Å². The van der Waals surface area contributed by atoms with Gasteiger partial charge in [0.15, 0.2) is 0 Å². The lowest BCUT2D eigenvalue weighted by molar-refractivity contribution is -0.142. The minimum Gasteiger partial charge on any atom is -0.481 e. The lowest BCUT2D eigenvalue weighted by atomic mass is 10.3. The van der Waals surface area contributed by atoms with Crippen LogP contribution >= 0.6 is 0 Å². The molecule has 0 saturated carbocycles. The third-order valence-corrected chi connectivity index (χ3v) is 1.80. The summed E-state index contributed by atoms with van der Waals surface area (Å²) in [6.07, 6.45) is -1.62. The maximum atomic E-state index is 10.3. The van der Waals surface area contributed by atoms with Crippen molar-refractivity contribution >= 4 is 11.9 Å². The number of carboxylic acid groups (broad SMARTS) is 2. The zero-order chi connectivity index (χ0) is 11.1. The van der Waals surface area contributed by atoms with E-state index in [2.05, 4.69) is 0 Å². The highest BCUT2D eigenvalue weighted by atomic mass is 16.4. The van der Waals surface area contributed by atoms with E-state index in [9.17, 15) is 14.7 Å². The van der Waals surface area contributed by atoms with Crippen LogP contribution in [0.2, 0.25) is 0 Å². The highest BCUT2D eigenvalue weighted by Gasteiger charge is 2.17. The first-order valence-corrected chi connectivity index (χ1v) is 4.33. The summed E-state index contributed by atoms with van der Waals surface area (Å²) < 4.78 is 0. The van der Waals surface area contributed by atoms with Gasteiger partial charge in [0.2, 0.25) is 0 Å². The molecule has 0 aliphatic carbocycles. The third-order valence-electron chi connectivity index (χ3n) is 1.80. The maximum Gasteiger partial charge on any atom is 0.307 e. The Morgan fingerprint density at radius 2 is 1.86 bits per heavy atom. The van der Waals surface area contributed by atoms with Crippen LogP contribution in [0.4, 0.5) is 0 Å². The summed E-state index contributed by atoms with van der Waals surface area (Å²) in [5.41, 5.74) is 0. The largest absolute Gasteiger partial charge is 0.481 e. The van der Waals surface area contributed by atoms with Crippen molar-refractivity contribution in [3.8, 4) is 0 Å². The van der Waals surface area contributed by atoms with Crippen LogP contribution in [-0.2, 0) is 9.59 Å². The normalized spacial score (nSPS) is 12.8. The molecular formula is C8H15NO5. The number of aliphatic hydroxyl groups is 1. The second kappa shape index (κ2) is 6.33. The van der Waals surface area contributed by atoms with Gasteiger partial charge in [-0.1, -0.05) is 6.92 Å². The molecule has 3 N–H and O–H groups in total. The fraction of sp³-hybridized carbons (Fsp3) is 0.750. The SMILES string of the molecule is CCN(CCC(=O)O)C(O)CC(=O)O. The number of nitrogens with zero attached hydrogens (tertiary/aromatic N) is 1. The molecule has 0 radical (unpaired) electrons. The van der Waals surface area contributed by atoms with E-state index in [1.807, 2.05) is 0 Å². The van der Waals surface area contributed by atoms with E-state index in [0.717, 1.165) is 0 Å². The van der Waals surface area contributed by atoms with Gasteiger partial charge < -0.3 is 15.3 Å². The molecule has 0 spiro atoms. The lowest BCUT2D eigenvalue weighted by Gasteiger charge is -2.24. The Hall–Kier alpha value is -1.14. The molecule has 0 amide bonds. The number of hydrogen-bond donors (Lipinski definition) is 3. The van der Waals surface area contributed by atoms with E-state index >= 15 is 0 Å². The van der Waals surface area contributed by atoms with E-state index in [-0.39, 0.29) is 13.0 Å². The quantitative estimate of drug-likeness (QED) is 0.488. The van der Waals surface area contributed by atoms with Crippen molar-refractivity contribution in [2.75, 3.05) is 13.1 Å². The monoisotopic (exact) mass is 205 g/mol. The average molecular weight is 205 g/mol. The Bertz CT molecular complexity index is 206. The van der Waals surface area contributed by atoms with Crippen LogP contribution in [0.15, 0.2) is 0 Å². The van der Waals surface area contributed by atoms with Crippen molar-refractivity contribution in [1.82, 2.24) is 4.90 Å². The summed E-state index contributed by atoms with van der Waals surface area (Å²) in [5.74, 6) is -2.07. The molecule has 0 heterocycles. The van der Waals surface area contributed by atoms with Crippen molar-refractivity contribution in [3.63, 3.8) is 0 Å². The molecule has 0 saturated heterocycles. The first kappa shape index (κ1) is 12.9. The van der Waals surface area contributed by atoms with E-state index in [0.29, 0.717) is 6.54 Å². The van der Waals surface area contributed by atoms with Crippen LogP contribution in [-0.4, -0.2) is 51.5 Å². The van der Waals surface area contributed by atoms with Crippen LogP contribution in [0.25, 0.3) is 0 Å². The van der Waals surface area contributed by atoms with Crippen molar-refractivity contribution in [2.24, 2.45) is 0 Å². The van der Waals surface area contributed by atoms with Crippen molar-refractivity contribution in [2.45, 2.75) is 26.0 Å². The Balaban J connectivity index is 3.98. The molecule has 14 heavy (non-hydrogen) atoms. The van der Waals surface area contributed by atoms with Gasteiger partial charge in [0.1, 0.15) is 6.23 Å². The number of carbonyl (C=O) groups is 2. The smallest absolute Gasteiger partial charge is 0.307 e. The molecule has 0 aromatic carbocycles. The Kier molecular flexibility index (Phi) is 5.82. The molecule has 0 bridgehead atoms. The standard InChI is InChI=1S/C8H15NO5/c1-2-9(4-3-7(11)12)6(10)5-8(13)14/h6,10H,2-5H2,1H3,(H,11,12)(H,13,14). The average Bonchev–Trinajstić information content (AvgIpc) is 2.03. The molecule has 0 aromatic rings. The number of rotatable bonds is 7. The molecule has 82 valence electrons. The van der Waals surface area contributed by atoms with Gasteiger partial charge in [-0.15, -0.1) is 0 Å². The van der Waals surface area contributed by atoms with Crippen LogP contribution in [0.1, 0.15) is 19.8 Å². The van der Waals surface area contributed by atoms with Gasteiger partial charge in [0, 0.05) is 6.54 Å². The maximum absolute atomic E-state index is 10.3. The summed E-state index contributed by atoms with van der Waals surface area (Å²) in [4.78, 5) is 21.9. The number of hydrogen-bond acceptors (Lipinski definition) is 4. The molecule has 6 nitrogen and oxygen atoms in total. The summed E-state index contributed by atoms with van der Waals surface area (Å²) in [6.45, 7) is 2.30. The van der Waals surface area contributed by atoms with E-state index in [1.165, 1.54) is 4.90 Å². The number of aliphatic carboxylic acids is 2. The fourth-order valence-electron chi connectivity index (χ4n) is 1.04. The molecule has 6 heteroatoms. The minimum atomic E-state index is -1.11. The molecule has 1 unspecified atom stereocenters. The van der Waals surface area contributed by atoms with Gasteiger partial charge in [-0.3, -0.25) is 14.5 Å². The molecule has 0 aliphatic rings. The molecule has 0 fully saturated rings. The van der Waals surface area contributed by atoms with Gasteiger partial charge in [-0.25, -0.2) is 0 Å². The van der Waals surface area contributed by atoms with Gasteiger partial charge in [0.05, 0.1) is 12.8 Å². The van der Waals surface area contributed by atoms with E-state index in [1.54, 1.807) is 6.92 Å². The molecular weight excluding hydrogens is 190 g/mol. The van der Waals surface area contributed by atoms with Crippen LogP contribution in [0, 0.1) is 0 Å². The van der Waals surface area contributed by atoms with Gasteiger partial charge in [-0.2, -0.15) is 0 Å². The highest BCUT2D eigenvalue weighted by molar-refractivity contribution is 5.67. The molecule has 0 aliphatic heterocycles. The van der Waals surface area contributed by atoms with Crippen LogP contribution in [0.5, 0.6) is 0 Å². The zero-order valence-corrected chi connectivity index (χ0v) is 8.01. The van der Waals surface area contributed by atoms with Crippen molar-refractivity contribution < 1.29 is 24.9 Å². The predicted molar refractivity (Wildman–Crippen MR) is 47.8 cm³/mol. The van der Waals surface area contributed by atoms with Gasteiger partial charge >= 0.3 is 11.9 Å². The number of carboxylic acids is 2. The predicted octanol–water partition coefficient (Wildman–Crippen LogP) is -0.424. The van der Waals surface area contributed by atoms with Crippen LogP contribution in [0.3, 0.4) is 0 Å². The van der Waals surface area contributed by atoms with Gasteiger partial charge in [-0.05, 0) is 6.54 Å². The first-order valence-electron chi connectivity index (χ1n) is 4.33. The summed E-state index contributed by atoms with van der Waals surface area (Å²) in [6, 6.07) is 0. The minimum absolute atomic E-state index is 0.107. The van der Waals surface area contributed by atoms with E-state index < -0.39 is 24.6 Å². The van der Waals surface area contributed by atoms with Gasteiger partial charge in [0.25, 0.3) is 0 Å². The van der Waals surface area contributed by atoms with Crippen LogP contribution < -0.4 is 0 Å². The highest BCUT2D eigenvalue weighted by Crippen LogP contribution is 2.02. The lowest BCUT2D eigenvalue weighted by Crippen LogP contribution is -2.38. The Labute approximate surface area is 81.8 Å². The molecule has 0 rings (SSSR count). The fourth-order valence-corrected chi connectivity index (χ4v) is 1.04. The molecule has 1 atom stereocenters. The third kappa shape index (κ3) is 5.50. The summed E-state index contributed by atoms with van der Waals surface area (Å²) in [5, 5.41) is 26.1. The molecule has 0 aromatic heterocycles. The second-order valence-electron chi connectivity index (χ2n) is 2.85. The second-order valence-corrected chi connectivity index (χ2v) is 2.85. The summed E-state index contributed by atoms with van der Waals surface area (Å²) in [7, 11) is 0. The Morgan fingerprint density at radius 3 is 2.21 bits per heavy atom. The van der Waals surface area contributed by atoms with Crippen molar-refractivity contribution in [3.05, 3.63) is 0 Å².